The highest BCUT2D eigenvalue weighted by Crippen LogP contribution is 2.42. The molecule has 0 heterocycles. The molecule has 1 aromatic rings. The molecule has 0 aliphatic rings. The standard InChI is InChI=1S/C8H10O4/c1-4-5(9)3-6(10)7(11)8(4)12-2/h3,9-11H,1-2H3. The molecule has 0 aromatic heterocycles. The van der Waals surface area contributed by atoms with E-state index in [0.717, 1.165) is 6.07 Å². The molecule has 1 aromatic carbocycles. The number of phenols is 3. The van der Waals surface area contributed by atoms with Gasteiger partial charge in [0.05, 0.1) is 7.11 Å². The van der Waals surface area contributed by atoms with Crippen molar-refractivity contribution in [1.29, 1.82) is 0 Å². The third-order valence-corrected chi connectivity index (χ3v) is 1.66. The minimum atomic E-state index is -0.394. The van der Waals surface area contributed by atoms with Crippen molar-refractivity contribution in [2.24, 2.45) is 0 Å². The van der Waals surface area contributed by atoms with Crippen molar-refractivity contribution >= 4 is 0 Å². The molecule has 0 bridgehead atoms. The van der Waals surface area contributed by atoms with Crippen LogP contribution in [0.2, 0.25) is 0 Å². The van der Waals surface area contributed by atoms with Crippen LogP contribution in [0.15, 0.2) is 6.07 Å². The van der Waals surface area contributed by atoms with Crippen molar-refractivity contribution in [3.63, 3.8) is 0 Å². The SMILES string of the molecule is COc1c(C)c(O)cc(O)c1O. The van der Waals surface area contributed by atoms with Gasteiger partial charge < -0.3 is 20.1 Å². The molecule has 4 nitrogen and oxygen atoms in total. The van der Waals surface area contributed by atoms with Gasteiger partial charge in [-0.1, -0.05) is 0 Å². The normalized spacial score (nSPS) is 9.83. The summed E-state index contributed by atoms with van der Waals surface area (Å²) in [5.41, 5.74) is 0.396. The Labute approximate surface area is 69.7 Å². The molecular weight excluding hydrogens is 160 g/mol. The Morgan fingerprint density at radius 1 is 1.17 bits per heavy atom. The Hall–Kier alpha value is -1.58. The largest absolute Gasteiger partial charge is 0.507 e. The second-order valence-corrected chi connectivity index (χ2v) is 2.42. The van der Waals surface area contributed by atoms with Crippen molar-refractivity contribution < 1.29 is 20.1 Å². The van der Waals surface area contributed by atoms with Crippen LogP contribution in [0, 0.1) is 6.92 Å². The van der Waals surface area contributed by atoms with Crippen LogP contribution < -0.4 is 4.74 Å². The van der Waals surface area contributed by atoms with Gasteiger partial charge in [-0.25, -0.2) is 0 Å². The molecule has 66 valence electrons. The van der Waals surface area contributed by atoms with Crippen LogP contribution in [0.25, 0.3) is 0 Å². The number of aromatic hydroxyl groups is 3. The van der Waals surface area contributed by atoms with Crippen LogP contribution in [-0.4, -0.2) is 22.4 Å². The molecular formula is C8H10O4. The fourth-order valence-corrected chi connectivity index (χ4v) is 0.966. The van der Waals surface area contributed by atoms with E-state index < -0.39 is 5.75 Å². The monoisotopic (exact) mass is 170 g/mol. The minimum Gasteiger partial charge on any atom is -0.507 e. The van der Waals surface area contributed by atoms with E-state index in [2.05, 4.69) is 0 Å². The molecule has 4 heteroatoms. The predicted molar refractivity (Wildman–Crippen MR) is 42.7 cm³/mol. The highest BCUT2D eigenvalue weighted by molar-refractivity contribution is 5.59. The fourth-order valence-electron chi connectivity index (χ4n) is 0.966. The average Bonchev–Trinajstić information content (AvgIpc) is 2.02. The van der Waals surface area contributed by atoms with Gasteiger partial charge in [-0.3, -0.25) is 0 Å². The Kier molecular flexibility index (Phi) is 1.99. The number of phenolic OH excluding ortho intramolecular Hbond substituents is 3. The lowest BCUT2D eigenvalue weighted by molar-refractivity contribution is 0.342. The first-order valence-corrected chi connectivity index (χ1v) is 3.36. The number of hydrogen-bond acceptors (Lipinski definition) is 4. The predicted octanol–water partition coefficient (Wildman–Crippen LogP) is 1.12. The van der Waals surface area contributed by atoms with Crippen molar-refractivity contribution in [1.82, 2.24) is 0 Å². The van der Waals surface area contributed by atoms with E-state index in [1.54, 1.807) is 6.92 Å². The summed E-state index contributed by atoms with van der Waals surface area (Å²) in [5.74, 6) is -0.766. The van der Waals surface area contributed by atoms with Crippen LogP contribution in [0.5, 0.6) is 23.0 Å². The molecule has 0 radical (unpaired) electrons. The lowest BCUT2D eigenvalue weighted by atomic mass is 10.1. The summed E-state index contributed by atoms with van der Waals surface area (Å²) in [6.07, 6.45) is 0. The molecule has 0 saturated heterocycles. The maximum atomic E-state index is 9.22. The molecule has 12 heavy (non-hydrogen) atoms. The summed E-state index contributed by atoms with van der Waals surface area (Å²) >= 11 is 0. The van der Waals surface area contributed by atoms with E-state index in [4.69, 9.17) is 9.84 Å². The number of rotatable bonds is 1. The molecule has 0 aliphatic heterocycles. The summed E-state index contributed by atoms with van der Waals surface area (Å²) in [6.45, 7) is 1.58. The summed E-state index contributed by atoms with van der Waals surface area (Å²) in [7, 11) is 1.35. The van der Waals surface area contributed by atoms with Gasteiger partial charge in [0.25, 0.3) is 0 Å². The number of methoxy groups -OCH3 is 1. The summed E-state index contributed by atoms with van der Waals surface area (Å²) in [6, 6.07) is 1.06. The van der Waals surface area contributed by atoms with Crippen molar-refractivity contribution in [3.05, 3.63) is 11.6 Å². The number of ether oxygens (including phenoxy) is 1. The van der Waals surface area contributed by atoms with Crippen LogP contribution in [0.4, 0.5) is 0 Å². The van der Waals surface area contributed by atoms with E-state index in [0.29, 0.717) is 5.56 Å². The van der Waals surface area contributed by atoms with Gasteiger partial charge in [0, 0.05) is 11.6 Å². The van der Waals surface area contributed by atoms with Crippen LogP contribution in [-0.2, 0) is 0 Å². The molecule has 0 atom stereocenters. The van der Waals surface area contributed by atoms with E-state index in [1.165, 1.54) is 7.11 Å². The van der Waals surface area contributed by atoms with Gasteiger partial charge in [-0.2, -0.15) is 0 Å². The molecule has 3 N–H and O–H groups in total. The Morgan fingerprint density at radius 3 is 2.25 bits per heavy atom. The fraction of sp³-hybridized carbons (Fsp3) is 0.250. The zero-order valence-electron chi connectivity index (χ0n) is 6.83. The van der Waals surface area contributed by atoms with Gasteiger partial charge in [-0.15, -0.1) is 0 Å². The second-order valence-electron chi connectivity index (χ2n) is 2.42. The molecule has 0 unspecified atom stereocenters. The first-order valence-electron chi connectivity index (χ1n) is 3.36. The zero-order valence-corrected chi connectivity index (χ0v) is 6.83. The molecule has 0 fully saturated rings. The lowest BCUT2D eigenvalue weighted by Crippen LogP contribution is -1.88. The van der Waals surface area contributed by atoms with Crippen LogP contribution in [0.1, 0.15) is 5.56 Å². The minimum absolute atomic E-state index is 0.0903. The quantitative estimate of drug-likeness (QED) is 0.436. The van der Waals surface area contributed by atoms with Gasteiger partial charge >= 0.3 is 0 Å². The highest BCUT2D eigenvalue weighted by Gasteiger charge is 2.13. The summed E-state index contributed by atoms with van der Waals surface area (Å²) in [5, 5.41) is 27.4. The van der Waals surface area contributed by atoms with E-state index >= 15 is 0 Å². The van der Waals surface area contributed by atoms with Gasteiger partial charge in [0.1, 0.15) is 5.75 Å². The summed E-state index contributed by atoms with van der Waals surface area (Å²) in [4.78, 5) is 0. The first-order chi connectivity index (χ1) is 5.57. The zero-order chi connectivity index (χ0) is 9.30. The van der Waals surface area contributed by atoms with E-state index in [1.807, 2.05) is 0 Å². The Balaban J connectivity index is 3.42. The van der Waals surface area contributed by atoms with E-state index in [9.17, 15) is 10.2 Å². The molecule has 0 amide bonds. The lowest BCUT2D eigenvalue weighted by Gasteiger charge is -2.09. The highest BCUT2D eigenvalue weighted by atomic mass is 16.5. The molecule has 0 saturated carbocycles. The van der Waals surface area contributed by atoms with Crippen LogP contribution in [0.3, 0.4) is 0 Å². The van der Waals surface area contributed by atoms with Crippen molar-refractivity contribution in [2.75, 3.05) is 7.11 Å². The number of hydrogen-bond donors (Lipinski definition) is 3. The van der Waals surface area contributed by atoms with Gasteiger partial charge in [-0.05, 0) is 6.92 Å². The molecule has 0 spiro atoms. The third-order valence-electron chi connectivity index (χ3n) is 1.66. The van der Waals surface area contributed by atoms with Crippen LogP contribution >= 0.6 is 0 Å². The van der Waals surface area contributed by atoms with E-state index in [-0.39, 0.29) is 17.2 Å². The topological polar surface area (TPSA) is 69.9 Å². The summed E-state index contributed by atoms with van der Waals surface area (Å²) < 4.78 is 4.77. The average molecular weight is 170 g/mol. The van der Waals surface area contributed by atoms with Gasteiger partial charge in [0.15, 0.2) is 11.5 Å². The maximum absolute atomic E-state index is 9.22. The molecule has 0 aliphatic carbocycles. The second kappa shape index (κ2) is 2.81. The van der Waals surface area contributed by atoms with Crippen molar-refractivity contribution in [3.8, 4) is 23.0 Å². The maximum Gasteiger partial charge on any atom is 0.201 e. The smallest absolute Gasteiger partial charge is 0.201 e. The van der Waals surface area contributed by atoms with Gasteiger partial charge in [0.2, 0.25) is 5.75 Å². The first kappa shape index (κ1) is 8.52. The Morgan fingerprint density at radius 2 is 1.75 bits per heavy atom. The third kappa shape index (κ3) is 1.11. The molecule has 1 rings (SSSR count). The Bertz CT molecular complexity index is 280. The van der Waals surface area contributed by atoms with Crippen molar-refractivity contribution in [2.45, 2.75) is 6.92 Å². The number of benzene rings is 1.